The summed E-state index contributed by atoms with van der Waals surface area (Å²) in [5, 5.41) is 10.8. The van der Waals surface area contributed by atoms with Crippen LogP contribution in [0.25, 0.3) is 16.6 Å². The van der Waals surface area contributed by atoms with Gasteiger partial charge >= 0.3 is 6.03 Å². The van der Waals surface area contributed by atoms with Crippen LogP contribution in [0.2, 0.25) is 0 Å². The summed E-state index contributed by atoms with van der Waals surface area (Å²) >= 11 is 1.65. The molecule has 3 heterocycles. The Morgan fingerprint density at radius 1 is 1.06 bits per heavy atom. The zero-order valence-corrected chi connectivity index (χ0v) is 19.4. The molecule has 0 aliphatic carbocycles. The monoisotopic (exact) mass is 455 g/mol. The van der Waals surface area contributed by atoms with Crippen molar-refractivity contribution in [3.8, 4) is 5.69 Å². The fraction of sp³-hybridized carbons (Fsp3) is 0.154. The van der Waals surface area contributed by atoms with Crippen LogP contribution in [0.4, 0.5) is 10.5 Å². The minimum absolute atomic E-state index is 0.136. The fourth-order valence-corrected chi connectivity index (χ4v) is 4.74. The Morgan fingerprint density at radius 2 is 1.97 bits per heavy atom. The predicted molar refractivity (Wildman–Crippen MR) is 134 cm³/mol. The quantitative estimate of drug-likeness (QED) is 0.317. The fourth-order valence-electron chi connectivity index (χ4n) is 4.02. The van der Waals surface area contributed by atoms with E-state index in [-0.39, 0.29) is 6.03 Å². The van der Waals surface area contributed by atoms with Gasteiger partial charge in [0.05, 0.1) is 17.9 Å². The van der Waals surface area contributed by atoms with Crippen LogP contribution in [-0.2, 0) is 13.1 Å². The minimum atomic E-state index is -0.136. The van der Waals surface area contributed by atoms with Crippen LogP contribution in [0, 0.1) is 13.8 Å². The first-order valence-corrected chi connectivity index (χ1v) is 11.7. The molecular formula is C26H25N5OS. The number of rotatable bonds is 6. The third kappa shape index (κ3) is 4.68. The van der Waals surface area contributed by atoms with Gasteiger partial charge < -0.3 is 15.2 Å². The van der Waals surface area contributed by atoms with Gasteiger partial charge in [-0.15, -0.1) is 11.3 Å². The number of aryl methyl sites for hydroxylation is 2. The first-order valence-electron chi connectivity index (χ1n) is 10.8. The van der Waals surface area contributed by atoms with Crippen molar-refractivity contribution in [1.82, 2.24) is 19.7 Å². The van der Waals surface area contributed by atoms with Crippen molar-refractivity contribution in [3.63, 3.8) is 0 Å². The van der Waals surface area contributed by atoms with E-state index in [4.69, 9.17) is 0 Å². The number of amides is 2. The van der Waals surface area contributed by atoms with Gasteiger partial charge in [-0.05, 0) is 78.7 Å². The molecule has 0 aliphatic rings. The molecule has 0 bridgehead atoms. The number of carbonyl (C=O) groups excluding carboxylic acids is 1. The highest BCUT2D eigenvalue weighted by molar-refractivity contribution is 7.09. The Balaban J connectivity index is 1.38. The van der Waals surface area contributed by atoms with Gasteiger partial charge in [-0.2, -0.15) is 5.10 Å². The Kier molecular flexibility index (Phi) is 5.71. The standard InChI is InChI=1S/C26H25N5OS/c1-18-13-19(2)31(29-18)23-6-3-5-22(15-23)28-26(32)30(17-24-7-4-12-33-24)16-20-8-9-25-21(14-20)10-11-27-25/h3-15,27H,16-17H2,1-2H3,(H,28,32). The summed E-state index contributed by atoms with van der Waals surface area (Å²) in [7, 11) is 0. The number of benzene rings is 2. The Labute approximate surface area is 196 Å². The number of carbonyl (C=O) groups is 1. The molecule has 2 aromatic carbocycles. The van der Waals surface area contributed by atoms with Crippen molar-refractivity contribution >= 4 is 34.0 Å². The summed E-state index contributed by atoms with van der Waals surface area (Å²) in [6, 6.07) is 22.1. The number of aromatic amines is 1. The van der Waals surface area contributed by atoms with Crippen molar-refractivity contribution in [2.75, 3.05) is 5.32 Å². The summed E-state index contributed by atoms with van der Waals surface area (Å²) < 4.78 is 1.89. The molecule has 33 heavy (non-hydrogen) atoms. The lowest BCUT2D eigenvalue weighted by atomic mass is 10.1. The largest absolute Gasteiger partial charge is 0.361 e. The molecule has 0 radical (unpaired) electrons. The number of thiophene rings is 1. The lowest BCUT2D eigenvalue weighted by molar-refractivity contribution is 0.207. The predicted octanol–water partition coefficient (Wildman–Crippen LogP) is 6.27. The number of nitrogens with zero attached hydrogens (tertiary/aromatic N) is 3. The number of aromatic nitrogens is 3. The molecule has 0 aliphatic heterocycles. The van der Waals surface area contributed by atoms with Gasteiger partial charge in [0.25, 0.3) is 0 Å². The third-order valence-corrected chi connectivity index (χ3v) is 6.42. The zero-order chi connectivity index (χ0) is 22.8. The summed E-state index contributed by atoms with van der Waals surface area (Å²) in [6.45, 7) is 5.06. The molecule has 2 N–H and O–H groups in total. The van der Waals surface area contributed by atoms with Gasteiger partial charge in [-0.25, -0.2) is 9.48 Å². The highest BCUT2D eigenvalue weighted by atomic mass is 32.1. The summed E-state index contributed by atoms with van der Waals surface area (Å²) in [5.74, 6) is 0. The number of fused-ring (bicyclic) bond motifs is 1. The molecule has 3 aromatic heterocycles. The van der Waals surface area contributed by atoms with Crippen molar-refractivity contribution in [3.05, 3.63) is 100 Å². The number of H-pyrrole nitrogens is 1. The maximum atomic E-state index is 13.4. The van der Waals surface area contributed by atoms with Gasteiger partial charge in [0.1, 0.15) is 0 Å². The average Bonchev–Trinajstić information content (AvgIpc) is 3.54. The van der Waals surface area contributed by atoms with E-state index in [2.05, 4.69) is 39.7 Å². The molecule has 0 fully saturated rings. The molecule has 166 valence electrons. The van der Waals surface area contributed by atoms with E-state index in [1.807, 2.05) is 77.5 Å². The lowest BCUT2D eigenvalue weighted by Crippen LogP contribution is -2.33. The van der Waals surface area contributed by atoms with Crippen LogP contribution in [0.5, 0.6) is 0 Å². The van der Waals surface area contributed by atoms with Crippen LogP contribution in [0.15, 0.2) is 78.3 Å². The van der Waals surface area contributed by atoms with E-state index in [0.29, 0.717) is 13.1 Å². The highest BCUT2D eigenvalue weighted by Gasteiger charge is 2.16. The van der Waals surface area contributed by atoms with Crippen molar-refractivity contribution < 1.29 is 4.79 Å². The van der Waals surface area contributed by atoms with Gasteiger partial charge in [0, 0.05) is 34.5 Å². The lowest BCUT2D eigenvalue weighted by Gasteiger charge is -2.23. The van der Waals surface area contributed by atoms with E-state index in [9.17, 15) is 4.79 Å². The van der Waals surface area contributed by atoms with Gasteiger partial charge in [-0.3, -0.25) is 0 Å². The second-order valence-electron chi connectivity index (χ2n) is 8.15. The maximum Gasteiger partial charge on any atom is 0.322 e. The van der Waals surface area contributed by atoms with Crippen LogP contribution in [0.1, 0.15) is 21.8 Å². The minimum Gasteiger partial charge on any atom is -0.361 e. The number of hydrogen-bond acceptors (Lipinski definition) is 3. The average molecular weight is 456 g/mol. The normalized spacial score (nSPS) is 11.1. The number of urea groups is 1. The van der Waals surface area contributed by atoms with E-state index in [1.165, 1.54) is 0 Å². The number of hydrogen-bond donors (Lipinski definition) is 2. The molecule has 0 saturated heterocycles. The van der Waals surface area contributed by atoms with Crippen molar-refractivity contribution in [2.24, 2.45) is 0 Å². The number of anilines is 1. The second-order valence-corrected chi connectivity index (χ2v) is 9.19. The van der Waals surface area contributed by atoms with Crippen LogP contribution in [0.3, 0.4) is 0 Å². The van der Waals surface area contributed by atoms with Gasteiger partial charge in [0.15, 0.2) is 0 Å². The van der Waals surface area contributed by atoms with Crippen LogP contribution in [-0.4, -0.2) is 25.7 Å². The Hall–Kier alpha value is -3.84. The highest BCUT2D eigenvalue weighted by Crippen LogP contribution is 2.21. The second kappa shape index (κ2) is 8.96. The molecule has 5 aromatic rings. The molecule has 6 nitrogen and oxygen atoms in total. The SMILES string of the molecule is Cc1cc(C)n(-c2cccc(NC(=O)N(Cc3ccc4[nH]ccc4c3)Cc3cccs3)c2)n1. The first-order chi connectivity index (χ1) is 16.0. The first kappa shape index (κ1) is 21.0. The molecule has 0 spiro atoms. The summed E-state index contributed by atoms with van der Waals surface area (Å²) in [6.07, 6.45) is 1.93. The maximum absolute atomic E-state index is 13.4. The van der Waals surface area contributed by atoms with Gasteiger partial charge in [0.2, 0.25) is 0 Å². The van der Waals surface area contributed by atoms with E-state index in [1.54, 1.807) is 11.3 Å². The van der Waals surface area contributed by atoms with Gasteiger partial charge in [-0.1, -0.05) is 18.2 Å². The smallest absolute Gasteiger partial charge is 0.322 e. The zero-order valence-electron chi connectivity index (χ0n) is 18.6. The van der Waals surface area contributed by atoms with E-state index in [0.717, 1.165) is 44.1 Å². The number of nitrogens with one attached hydrogen (secondary N) is 2. The summed E-state index contributed by atoms with van der Waals surface area (Å²) in [4.78, 5) is 19.6. The van der Waals surface area contributed by atoms with E-state index >= 15 is 0 Å². The third-order valence-electron chi connectivity index (χ3n) is 5.56. The van der Waals surface area contributed by atoms with E-state index < -0.39 is 0 Å². The molecule has 0 unspecified atom stereocenters. The molecular weight excluding hydrogens is 430 g/mol. The van der Waals surface area contributed by atoms with Crippen molar-refractivity contribution in [2.45, 2.75) is 26.9 Å². The summed E-state index contributed by atoms with van der Waals surface area (Å²) in [5.41, 5.74) is 5.85. The molecule has 5 rings (SSSR count). The molecule has 2 amide bonds. The molecule has 7 heteroatoms. The topological polar surface area (TPSA) is 66.0 Å². The molecule has 0 atom stereocenters. The Morgan fingerprint density at radius 3 is 2.76 bits per heavy atom. The van der Waals surface area contributed by atoms with Crippen molar-refractivity contribution in [1.29, 1.82) is 0 Å². The molecule has 0 saturated carbocycles. The Bertz CT molecular complexity index is 1400. The van der Waals surface area contributed by atoms with Crippen LogP contribution < -0.4 is 5.32 Å². The van der Waals surface area contributed by atoms with Crippen LogP contribution >= 0.6 is 11.3 Å².